The Hall–Kier alpha value is -2.19. The van der Waals surface area contributed by atoms with Gasteiger partial charge in [-0.1, -0.05) is 212 Å². The van der Waals surface area contributed by atoms with Crippen LogP contribution in [-0.2, 0) is 28.6 Å². The van der Waals surface area contributed by atoms with E-state index in [1.54, 1.807) is 0 Å². The van der Waals surface area contributed by atoms with Gasteiger partial charge >= 0.3 is 11.9 Å². The zero-order chi connectivity index (χ0) is 47.7. The number of carbonyl (C=O) groups is 3. The number of rotatable bonds is 51. The van der Waals surface area contributed by atoms with Crippen LogP contribution in [-0.4, -0.2) is 75.5 Å². The van der Waals surface area contributed by atoms with Gasteiger partial charge in [0.05, 0.1) is 40.3 Å². The van der Waals surface area contributed by atoms with Crippen molar-refractivity contribution in [3.05, 3.63) is 24.3 Å². The van der Waals surface area contributed by atoms with Gasteiger partial charge in [-0.05, 0) is 64.2 Å². The van der Waals surface area contributed by atoms with Crippen molar-refractivity contribution in [2.24, 2.45) is 0 Å². The van der Waals surface area contributed by atoms with Gasteiger partial charge in [-0.15, -0.1) is 0 Å². The number of unbranched alkanes of at least 4 members (excludes halogenated alkanes) is 33. The Morgan fingerprint density at radius 2 is 0.769 bits per heavy atom. The van der Waals surface area contributed by atoms with Gasteiger partial charge in [0.1, 0.15) is 12.6 Å². The molecule has 2 unspecified atom stereocenters. The Labute approximate surface area is 402 Å². The normalized spacial score (nSPS) is 12.9. The molecule has 0 saturated heterocycles. The number of hydrogen-bond acceptors (Lipinski definition) is 7. The largest absolute Gasteiger partial charge is 0.544 e. The first-order valence-electron chi connectivity index (χ1n) is 27.9. The number of ether oxygens (including phenoxy) is 3. The molecule has 2 atom stereocenters. The maximum absolute atomic E-state index is 12.8. The first-order valence-corrected chi connectivity index (χ1v) is 27.9. The van der Waals surface area contributed by atoms with Crippen molar-refractivity contribution in [3.63, 3.8) is 0 Å². The third kappa shape index (κ3) is 46.7. The maximum atomic E-state index is 12.8. The number of allylic oxidation sites excluding steroid dienone is 4. The van der Waals surface area contributed by atoms with E-state index in [9.17, 15) is 19.5 Å². The molecule has 8 heteroatoms. The first-order chi connectivity index (χ1) is 31.6. The van der Waals surface area contributed by atoms with E-state index in [2.05, 4.69) is 38.2 Å². The van der Waals surface area contributed by atoms with Crippen molar-refractivity contribution >= 4 is 17.9 Å². The lowest BCUT2D eigenvalue weighted by Gasteiger charge is -2.34. The predicted octanol–water partition coefficient (Wildman–Crippen LogP) is 15.0. The predicted molar refractivity (Wildman–Crippen MR) is 273 cm³/mol. The highest BCUT2D eigenvalue weighted by Crippen LogP contribution is 2.16. The minimum atomic E-state index is -1.12. The van der Waals surface area contributed by atoms with Crippen molar-refractivity contribution in [1.82, 2.24) is 0 Å². The van der Waals surface area contributed by atoms with Crippen LogP contribution < -0.4 is 5.11 Å². The molecule has 0 saturated carbocycles. The lowest BCUT2D eigenvalue weighted by Crippen LogP contribution is -2.55. The second kappa shape index (κ2) is 48.3. The molecule has 0 fully saturated rings. The van der Waals surface area contributed by atoms with Crippen LogP contribution in [0.25, 0.3) is 0 Å². The standard InChI is InChI=1S/C57H107NO7/c1-6-8-10-12-14-16-18-20-22-24-26-27-28-30-31-33-35-37-39-41-43-45-47-55(59)64-52-53(51-63-50-49-54(57(61)62)58(3,4)5)65-56(60)48-46-44-42-40-38-36-34-32-29-25-23-21-19-17-15-13-11-9-7-2/h25,28-30,53-54H,6-24,26-27,31-52H2,1-5H3/b29-25+,30-28+. The van der Waals surface area contributed by atoms with Crippen LogP contribution in [0.15, 0.2) is 24.3 Å². The van der Waals surface area contributed by atoms with E-state index in [4.69, 9.17) is 14.2 Å². The van der Waals surface area contributed by atoms with Crippen LogP contribution in [0.1, 0.15) is 271 Å². The minimum Gasteiger partial charge on any atom is -0.544 e. The number of nitrogens with zero attached hydrogens (tertiary/aromatic N) is 1. The van der Waals surface area contributed by atoms with E-state index >= 15 is 0 Å². The molecule has 0 rings (SSSR count). The molecule has 0 aromatic rings. The number of carbonyl (C=O) groups excluding carboxylic acids is 3. The monoisotopic (exact) mass is 918 g/mol. The molecule has 0 spiro atoms. The third-order valence-electron chi connectivity index (χ3n) is 12.8. The Morgan fingerprint density at radius 3 is 1.11 bits per heavy atom. The number of hydrogen-bond donors (Lipinski definition) is 0. The summed E-state index contributed by atoms with van der Waals surface area (Å²) in [5.41, 5.74) is 0. The molecule has 8 nitrogen and oxygen atoms in total. The highest BCUT2D eigenvalue weighted by Gasteiger charge is 2.25. The molecular weight excluding hydrogens is 811 g/mol. The molecule has 0 aliphatic heterocycles. The van der Waals surface area contributed by atoms with Crippen molar-refractivity contribution < 1.29 is 38.2 Å². The number of quaternary nitrogens is 1. The molecule has 0 aliphatic rings. The van der Waals surface area contributed by atoms with E-state index in [1.807, 2.05) is 21.1 Å². The van der Waals surface area contributed by atoms with Gasteiger partial charge in [-0.25, -0.2) is 0 Å². The van der Waals surface area contributed by atoms with Gasteiger partial charge in [-0.2, -0.15) is 0 Å². The van der Waals surface area contributed by atoms with Crippen molar-refractivity contribution in [1.29, 1.82) is 0 Å². The Morgan fingerprint density at radius 1 is 0.446 bits per heavy atom. The Bertz CT molecular complexity index is 1120. The fraction of sp³-hybridized carbons (Fsp3) is 0.877. The van der Waals surface area contributed by atoms with Gasteiger partial charge in [0.15, 0.2) is 6.10 Å². The first kappa shape index (κ1) is 62.8. The van der Waals surface area contributed by atoms with E-state index in [-0.39, 0.29) is 42.7 Å². The maximum Gasteiger partial charge on any atom is 0.306 e. The van der Waals surface area contributed by atoms with Gasteiger partial charge in [0, 0.05) is 19.3 Å². The highest BCUT2D eigenvalue weighted by molar-refractivity contribution is 5.70. The fourth-order valence-corrected chi connectivity index (χ4v) is 8.47. The molecule has 0 aromatic carbocycles. The van der Waals surface area contributed by atoms with Gasteiger partial charge < -0.3 is 28.6 Å². The zero-order valence-corrected chi connectivity index (χ0v) is 43.7. The fourth-order valence-electron chi connectivity index (χ4n) is 8.47. The van der Waals surface area contributed by atoms with E-state index in [0.717, 1.165) is 38.5 Å². The Kier molecular flexibility index (Phi) is 46.6. The summed E-state index contributed by atoms with van der Waals surface area (Å²) in [4.78, 5) is 37.1. The zero-order valence-electron chi connectivity index (χ0n) is 43.7. The van der Waals surface area contributed by atoms with Crippen molar-refractivity contribution in [2.45, 2.75) is 283 Å². The van der Waals surface area contributed by atoms with Gasteiger partial charge in [0.2, 0.25) is 0 Å². The van der Waals surface area contributed by atoms with Gasteiger partial charge in [-0.3, -0.25) is 9.59 Å². The van der Waals surface area contributed by atoms with E-state index in [0.29, 0.717) is 12.8 Å². The molecule has 0 amide bonds. The second-order valence-electron chi connectivity index (χ2n) is 20.2. The summed E-state index contributed by atoms with van der Waals surface area (Å²) in [7, 11) is 5.43. The molecule has 0 radical (unpaired) electrons. The summed E-state index contributed by atoms with van der Waals surface area (Å²) in [6.07, 6.45) is 56.4. The molecular formula is C57H107NO7. The van der Waals surface area contributed by atoms with Crippen molar-refractivity contribution in [2.75, 3.05) is 41.0 Å². The van der Waals surface area contributed by atoms with Crippen LogP contribution in [0.4, 0.5) is 0 Å². The molecule has 0 aliphatic carbocycles. The number of carboxylic acid groups (broad SMARTS) is 1. The molecule has 0 aromatic heterocycles. The smallest absolute Gasteiger partial charge is 0.306 e. The molecule has 65 heavy (non-hydrogen) atoms. The van der Waals surface area contributed by atoms with E-state index < -0.39 is 18.1 Å². The minimum absolute atomic E-state index is 0.0412. The number of esters is 2. The number of aliphatic carboxylic acids is 1. The SMILES string of the molecule is CCCCCCCCCC/C=C/CCCCCCCCCC(=O)OC(COCCC(C(=O)[O-])[N+](C)(C)C)COC(=O)CCCCCCCCC/C=C/CCCCCCCCCCCCC. The Balaban J connectivity index is 4.18. The molecule has 382 valence electrons. The summed E-state index contributed by atoms with van der Waals surface area (Å²) < 4.78 is 17.3. The van der Waals surface area contributed by atoms with Crippen molar-refractivity contribution in [3.8, 4) is 0 Å². The molecule has 0 heterocycles. The van der Waals surface area contributed by atoms with Crippen LogP contribution in [0, 0.1) is 0 Å². The molecule has 0 N–H and O–H groups in total. The van der Waals surface area contributed by atoms with E-state index in [1.165, 1.54) is 199 Å². The van der Waals surface area contributed by atoms with Crippen LogP contribution in [0.2, 0.25) is 0 Å². The lowest BCUT2D eigenvalue weighted by atomic mass is 10.0. The number of carboxylic acids is 1. The average molecular weight is 918 g/mol. The second-order valence-corrected chi connectivity index (χ2v) is 20.2. The topological polar surface area (TPSA) is 102 Å². The van der Waals surface area contributed by atoms with Crippen LogP contribution in [0.3, 0.4) is 0 Å². The third-order valence-corrected chi connectivity index (χ3v) is 12.8. The number of likely N-dealkylation sites (N-methyl/N-ethyl adjacent to an activating group) is 1. The molecule has 0 bridgehead atoms. The van der Waals surface area contributed by atoms with Crippen LogP contribution >= 0.6 is 0 Å². The lowest BCUT2D eigenvalue weighted by molar-refractivity contribution is -0.889. The summed E-state index contributed by atoms with van der Waals surface area (Å²) in [6.45, 7) is 4.70. The summed E-state index contributed by atoms with van der Waals surface area (Å²) in [5.74, 6) is -1.73. The quantitative estimate of drug-likeness (QED) is 0.0259. The summed E-state index contributed by atoms with van der Waals surface area (Å²) >= 11 is 0. The average Bonchev–Trinajstić information content (AvgIpc) is 3.27. The summed E-state index contributed by atoms with van der Waals surface area (Å²) in [6, 6.07) is -0.726. The highest BCUT2D eigenvalue weighted by atomic mass is 16.6. The summed E-state index contributed by atoms with van der Waals surface area (Å²) in [5, 5.41) is 11.7. The van der Waals surface area contributed by atoms with Crippen LogP contribution in [0.5, 0.6) is 0 Å². The van der Waals surface area contributed by atoms with Gasteiger partial charge in [0.25, 0.3) is 0 Å².